The molecule has 0 radical (unpaired) electrons. The summed E-state index contributed by atoms with van der Waals surface area (Å²) in [6, 6.07) is 0. The van der Waals surface area contributed by atoms with Gasteiger partial charge >= 0.3 is 0 Å². The van der Waals surface area contributed by atoms with Crippen molar-refractivity contribution in [3.05, 3.63) is 48.6 Å². The first-order valence-electron chi connectivity index (χ1n) is 8.71. The van der Waals surface area contributed by atoms with Gasteiger partial charge in [0.25, 0.3) is 0 Å². The molecule has 6 rings (SSSR count). The van der Waals surface area contributed by atoms with Crippen molar-refractivity contribution in [1.82, 2.24) is 0 Å². The summed E-state index contributed by atoms with van der Waals surface area (Å²) in [6.07, 6.45) is 22.5. The van der Waals surface area contributed by atoms with Crippen LogP contribution in [0.15, 0.2) is 48.6 Å². The summed E-state index contributed by atoms with van der Waals surface area (Å²) in [5.41, 5.74) is 0. The molecule has 0 saturated heterocycles. The number of hydrogen-bond donors (Lipinski definition) is 1. The summed E-state index contributed by atoms with van der Waals surface area (Å²) < 4.78 is 0. The van der Waals surface area contributed by atoms with Crippen molar-refractivity contribution >= 4 is 0 Å². The summed E-state index contributed by atoms with van der Waals surface area (Å²) in [7, 11) is 0. The predicted octanol–water partition coefficient (Wildman–Crippen LogP) is 3.74. The fourth-order valence-electron chi connectivity index (χ4n) is 5.99. The van der Waals surface area contributed by atoms with E-state index in [0.29, 0.717) is 17.8 Å². The molecule has 0 aromatic rings. The zero-order valence-corrected chi connectivity index (χ0v) is 12.4. The van der Waals surface area contributed by atoms with Gasteiger partial charge in [0.05, 0.1) is 6.10 Å². The molecule has 1 nitrogen and oxygen atoms in total. The summed E-state index contributed by atoms with van der Waals surface area (Å²) in [6.45, 7) is 0. The first-order chi connectivity index (χ1) is 10.3. The number of rotatable bonds is 0. The van der Waals surface area contributed by atoms with Crippen LogP contribution in [0.3, 0.4) is 0 Å². The second-order valence-corrected chi connectivity index (χ2v) is 7.83. The molecule has 0 aromatic heterocycles. The molecule has 21 heavy (non-hydrogen) atoms. The number of aliphatic hydroxyl groups excluding tert-OH is 1. The zero-order valence-electron chi connectivity index (χ0n) is 12.4. The number of hydrogen-bond acceptors (Lipinski definition) is 1. The monoisotopic (exact) mass is 280 g/mol. The van der Waals surface area contributed by atoms with Crippen LogP contribution in [-0.4, -0.2) is 11.2 Å². The lowest BCUT2D eigenvalue weighted by molar-refractivity contribution is 0.132. The maximum absolute atomic E-state index is 9.60. The second-order valence-electron chi connectivity index (χ2n) is 7.83. The molecule has 1 heteroatoms. The Morgan fingerprint density at radius 1 is 0.667 bits per heavy atom. The summed E-state index contributed by atoms with van der Waals surface area (Å²) in [5, 5.41) is 9.60. The van der Waals surface area contributed by atoms with Crippen molar-refractivity contribution in [1.29, 1.82) is 0 Å². The zero-order chi connectivity index (χ0) is 14.0. The first-order valence-corrected chi connectivity index (χ1v) is 8.71. The van der Waals surface area contributed by atoms with Gasteiger partial charge in [-0.2, -0.15) is 0 Å². The van der Waals surface area contributed by atoms with E-state index in [-0.39, 0.29) is 6.10 Å². The Kier molecular flexibility index (Phi) is 2.65. The molecule has 0 aromatic carbocycles. The third-order valence-electron chi connectivity index (χ3n) is 6.96. The summed E-state index contributed by atoms with van der Waals surface area (Å²) in [4.78, 5) is 0. The van der Waals surface area contributed by atoms with Gasteiger partial charge in [0.1, 0.15) is 0 Å². The van der Waals surface area contributed by atoms with E-state index in [9.17, 15) is 5.11 Å². The Hall–Kier alpha value is -1.08. The molecule has 2 saturated carbocycles. The van der Waals surface area contributed by atoms with E-state index < -0.39 is 0 Å². The molecule has 0 aliphatic heterocycles. The lowest BCUT2D eigenvalue weighted by atomic mass is 9.84. The Bertz CT molecular complexity index is 554. The van der Waals surface area contributed by atoms with Crippen LogP contribution < -0.4 is 0 Å². The van der Waals surface area contributed by atoms with E-state index in [1.54, 1.807) is 0 Å². The molecule has 9 atom stereocenters. The number of allylic oxidation sites excluding steroid dienone is 7. The van der Waals surface area contributed by atoms with Gasteiger partial charge in [0.15, 0.2) is 0 Å². The minimum absolute atomic E-state index is 0.153. The van der Waals surface area contributed by atoms with Crippen molar-refractivity contribution in [2.75, 3.05) is 0 Å². The Balaban J connectivity index is 0.0000000996. The molecular formula is C20H24O. The third kappa shape index (κ3) is 1.73. The summed E-state index contributed by atoms with van der Waals surface area (Å²) >= 11 is 0. The smallest absolute Gasteiger partial charge is 0.0760 e. The maximum Gasteiger partial charge on any atom is 0.0760 e. The van der Waals surface area contributed by atoms with Crippen LogP contribution in [0.5, 0.6) is 0 Å². The van der Waals surface area contributed by atoms with Crippen LogP contribution in [0, 0.1) is 47.3 Å². The highest BCUT2D eigenvalue weighted by molar-refractivity contribution is 5.24. The average molecular weight is 280 g/mol. The second kappa shape index (κ2) is 4.46. The predicted molar refractivity (Wildman–Crippen MR) is 84.3 cm³/mol. The molecule has 110 valence electrons. The van der Waals surface area contributed by atoms with Gasteiger partial charge < -0.3 is 5.11 Å². The standard InChI is InChI=1S/C10H12O.C10H12/c11-9-4-3-8-6-1-2-7(5-6)10(8)9;1-2-9-7-4-5-8(6-7)10(9)3-1/h1-4,6-11H,5H2;1-2,4-5,7-10H,3,6H2/t6?,7?,8-,9+,10+;7?,8?,9-,10+/m00/s1. The van der Waals surface area contributed by atoms with Crippen LogP contribution in [0.2, 0.25) is 0 Å². The highest BCUT2D eigenvalue weighted by Crippen LogP contribution is 2.53. The van der Waals surface area contributed by atoms with Crippen LogP contribution in [0.1, 0.15) is 19.3 Å². The van der Waals surface area contributed by atoms with Crippen LogP contribution in [0.4, 0.5) is 0 Å². The fourth-order valence-corrected chi connectivity index (χ4v) is 5.99. The average Bonchev–Trinajstić information content (AvgIpc) is 3.29. The highest BCUT2D eigenvalue weighted by atomic mass is 16.3. The van der Waals surface area contributed by atoms with Gasteiger partial charge in [0.2, 0.25) is 0 Å². The Labute approximate surface area is 127 Å². The van der Waals surface area contributed by atoms with Gasteiger partial charge in [-0.25, -0.2) is 0 Å². The van der Waals surface area contributed by atoms with Crippen molar-refractivity contribution in [3.63, 3.8) is 0 Å². The largest absolute Gasteiger partial charge is 0.389 e. The number of aliphatic hydroxyl groups is 1. The fraction of sp³-hybridized carbons (Fsp3) is 0.600. The number of fused-ring (bicyclic) bond motifs is 10. The van der Waals surface area contributed by atoms with Crippen LogP contribution >= 0.6 is 0 Å². The molecular weight excluding hydrogens is 256 g/mol. The molecule has 0 spiro atoms. The molecule has 6 aliphatic rings. The van der Waals surface area contributed by atoms with Crippen molar-refractivity contribution in [2.45, 2.75) is 25.4 Å². The van der Waals surface area contributed by atoms with E-state index in [0.717, 1.165) is 29.6 Å². The molecule has 4 unspecified atom stereocenters. The Morgan fingerprint density at radius 2 is 1.38 bits per heavy atom. The molecule has 0 amide bonds. The van der Waals surface area contributed by atoms with Gasteiger partial charge in [-0.15, -0.1) is 0 Å². The van der Waals surface area contributed by atoms with Crippen LogP contribution in [0.25, 0.3) is 0 Å². The first kappa shape index (κ1) is 12.5. The van der Waals surface area contributed by atoms with E-state index >= 15 is 0 Å². The SMILES string of the molecule is C1=C[C@H]2C3C=CC(C3)[C@H]2C1.O[C@@H]1C=C[C@H]2C3C=CC(C3)[C@@H]12. The van der Waals surface area contributed by atoms with Crippen molar-refractivity contribution < 1.29 is 5.11 Å². The molecule has 4 bridgehead atoms. The van der Waals surface area contributed by atoms with E-state index in [1.807, 2.05) is 6.08 Å². The Morgan fingerprint density at radius 3 is 2.19 bits per heavy atom. The van der Waals surface area contributed by atoms with Gasteiger partial charge in [-0.3, -0.25) is 0 Å². The minimum atomic E-state index is -0.153. The van der Waals surface area contributed by atoms with Crippen molar-refractivity contribution in [3.8, 4) is 0 Å². The lowest BCUT2D eigenvalue weighted by Gasteiger charge is -2.22. The minimum Gasteiger partial charge on any atom is -0.389 e. The normalized spacial score (nSPS) is 56.0. The maximum atomic E-state index is 9.60. The van der Waals surface area contributed by atoms with E-state index in [4.69, 9.17) is 0 Å². The van der Waals surface area contributed by atoms with E-state index in [1.165, 1.54) is 19.3 Å². The lowest BCUT2D eigenvalue weighted by Crippen LogP contribution is -2.23. The quantitative estimate of drug-likeness (QED) is 0.670. The van der Waals surface area contributed by atoms with Gasteiger partial charge in [-0.05, 0) is 60.7 Å². The molecule has 1 N–H and O–H groups in total. The van der Waals surface area contributed by atoms with Gasteiger partial charge in [-0.1, -0.05) is 48.6 Å². The van der Waals surface area contributed by atoms with Crippen LogP contribution in [-0.2, 0) is 0 Å². The van der Waals surface area contributed by atoms with Gasteiger partial charge in [0, 0.05) is 5.92 Å². The molecule has 2 fully saturated rings. The summed E-state index contributed by atoms with van der Waals surface area (Å²) in [5.74, 6) is 6.45. The highest BCUT2D eigenvalue weighted by Gasteiger charge is 2.48. The topological polar surface area (TPSA) is 20.2 Å². The van der Waals surface area contributed by atoms with E-state index in [2.05, 4.69) is 42.5 Å². The molecule has 0 heterocycles. The molecule has 6 aliphatic carbocycles. The third-order valence-corrected chi connectivity index (χ3v) is 6.96. The van der Waals surface area contributed by atoms with Crippen molar-refractivity contribution in [2.24, 2.45) is 47.3 Å².